The molecule has 0 aliphatic heterocycles. The van der Waals surface area contributed by atoms with Crippen LogP contribution in [0, 0.1) is 23.2 Å². The molecule has 2 nitrogen and oxygen atoms in total. The molecule has 2 heteroatoms. The van der Waals surface area contributed by atoms with Gasteiger partial charge in [-0.05, 0) is 18.3 Å². The van der Waals surface area contributed by atoms with Gasteiger partial charge in [0.1, 0.15) is 0 Å². The quantitative estimate of drug-likeness (QED) is 0.483. The van der Waals surface area contributed by atoms with Crippen LogP contribution in [0.5, 0.6) is 0 Å². The summed E-state index contributed by atoms with van der Waals surface area (Å²) in [6, 6.07) is 0. The van der Waals surface area contributed by atoms with E-state index in [0.29, 0.717) is 24.5 Å². The fourth-order valence-corrected chi connectivity index (χ4v) is 1.24. The van der Waals surface area contributed by atoms with Gasteiger partial charge in [0.15, 0.2) is 0 Å². The third-order valence-corrected chi connectivity index (χ3v) is 2.35. The van der Waals surface area contributed by atoms with E-state index in [4.69, 9.17) is 9.47 Å². The van der Waals surface area contributed by atoms with Crippen molar-refractivity contribution in [3.63, 3.8) is 0 Å². The molecule has 0 aromatic carbocycles. The second-order valence-corrected chi connectivity index (χ2v) is 6.11. The van der Waals surface area contributed by atoms with Crippen LogP contribution in [-0.2, 0) is 9.47 Å². The van der Waals surface area contributed by atoms with Crippen molar-refractivity contribution >= 4 is 0 Å². The topological polar surface area (TPSA) is 18.5 Å². The smallest absolute Gasteiger partial charge is 0.0700 e. The molecule has 0 aromatic heterocycles. The molecule has 18 heavy (non-hydrogen) atoms. The largest absolute Gasteiger partial charge is 0.379 e. The van der Waals surface area contributed by atoms with Gasteiger partial charge in [0.2, 0.25) is 0 Å². The molecule has 0 radical (unpaired) electrons. The molecule has 106 valence electrons. The SMILES string of the molecule is CC(C)C#CCCCOCCOCCC(C)(C)C. The van der Waals surface area contributed by atoms with Crippen molar-refractivity contribution in [3.8, 4) is 11.8 Å². The minimum absolute atomic E-state index is 0.357. The summed E-state index contributed by atoms with van der Waals surface area (Å²) in [4.78, 5) is 0. The first-order valence-corrected chi connectivity index (χ1v) is 7.06. The van der Waals surface area contributed by atoms with E-state index in [1.807, 2.05) is 0 Å². The van der Waals surface area contributed by atoms with Gasteiger partial charge >= 0.3 is 0 Å². The van der Waals surface area contributed by atoms with Crippen molar-refractivity contribution in [1.82, 2.24) is 0 Å². The summed E-state index contributed by atoms with van der Waals surface area (Å²) in [7, 11) is 0. The monoisotopic (exact) mass is 254 g/mol. The van der Waals surface area contributed by atoms with Crippen LogP contribution in [0.3, 0.4) is 0 Å². The highest BCUT2D eigenvalue weighted by Gasteiger charge is 2.08. The van der Waals surface area contributed by atoms with Crippen molar-refractivity contribution in [2.75, 3.05) is 26.4 Å². The highest BCUT2D eigenvalue weighted by molar-refractivity contribution is 5.00. The number of unbranched alkanes of at least 4 members (excludes halogenated alkanes) is 1. The zero-order valence-corrected chi connectivity index (χ0v) is 12.8. The van der Waals surface area contributed by atoms with Crippen LogP contribution >= 0.6 is 0 Å². The maximum Gasteiger partial charge on any atom is 0.0700 e. The van der Waals surface area contributed by atoms with Crippen LogP contribution in [0.2, 0.25) is 0 Å². The Morgan fingerprint density at radius 1 is 0.944 bits per heavy atom. The molecule has 0 aliphatic rings. The lowest BCUT2D eigenvalue weighted by molar-refractivity contribution is 0.0383. The third-order valence-electron chi connectivity index (χ3n) is 2.35. The van der Waals surface area contributed by atoms with E-state index in [1.54, 1.807) is 0 Å². The molecule has 0 unspecified atom stereocenters. The number of rotatable bonds is 8. The predicted octanol–water partition coefficient (Wildman–Crippen LogP) is 3.90. The van der Waals surface area contributed by atoms with Gasteiger partial charge in [-0.3, -0.25) is 0 Å². The lowest BCUT2D eigenvalue weighted by Crippen LogP contribution is -2.12. The van der Waals surface area contributed by atoms with Gasteiger partial charge in [-0.2, -0.15) is 0 Å². The van der Waals surface area contributed by atoms with E-state index < -0.39 is 0 Å². The van der Waals surface area contributed by atoms with Gasteiger partial charge in [0.05, 0.1) is 13.2 Å². The summed E-state index contributed by atoms with van der Waals surface area (Å²) >= 11 is 0. The van der Waals surface area contributed by atoms with Crippen LogP contribution in [0.4, 0.5) is 0 Å². The van der Waals surface area contributed by atoms with Gasteiger partial charge in [0.25, 0.3) is 0 Å². The molecule has 0 saturated heterocycles. The molecule has 0 aliphatic carbocycles. The first-order chi connectivity index (χ1) is 8.42. The lowest BCUT2D eigenvalue weighted by Gasteiger charge is -2.17. The van der Waals surface area contributed by atoms with Crippen molar-refractivity contribution in [1.29, 1.82) is 0 Å². The standard InChI is InChI=1S/C16H30O2/c1-15(2)9-7-6-8-11-17-13-14-18-12-10-16(3,4)5/h15H,6,8,10-14H2,1-5H3. The fraction of sp³-hybridized carbons (Fsp3) is 0.875. The van der Waals surface area contributed by atoms with Gasteiger partial charge in [-0.25, -0.2) is 0 Å². The van der Waals surface area contributed by atoms with E-state index in [9.17, 15) is 0 Å². The molecule has 0 fully saturated rings. The molecule has 0 spiro atoms. The number of hydrogen-bond acceptors (Lipinski definition) is 2. The van der Waals surface area contributed by atoms with Crippen molar-refractivity contribution in [2.24, 2.45) is 11.3 Å². The molecule has 0 amide bonds. The zero-order chi connectivity index (χ0) is 13.9. The maximum absolute atomic E-state index is 5.52. The van der Waals surface area contributed by atoms with Gasteiger partial charge in [0, 0.05) is 25.6 Å². The number of ether oxygens (including phenoxy) is 2. The molecule has 0 rings (SSSR count). The number of hydrogen-bond donors (Lipinski definition) is 0. The first kappa shape index (κ1) is 17.5. The van der Waals surface area contributed by atoms with Crippen molar-refractivity contribution in [3.05, 3.63) is 0 Å². The Hall–Kier alpha value is -0.520. The highest BCUT2D eigenvalue weighted by Crippen LogP contribution is 2.17. The summed E-state index contributed by atoms with van der Waals surface area (Å²) < 4.78 is 11.0. The summed E-state index contributed by atoms with van der Waals surface area (Å²) in [5, 5.41) is 0. The normalized spacial score (nSPS) is 11.4. The van der Waals surface area contributed by atoms with Gasteiger partial charge in [-0.1, -0.05) is 34.6 Å². The Morgan fingerprint density at radius 3 is 2.11 bits per heavy atom. The molecule has 0 N–H and O–H groups in total. The Balaban J connectivity index is 3.16. The second kappa shape index (κ2) is 10.4. The average Bonchev–Trinajstić information content (AvgIpc) is 2.24. The summed E-state index contributed by atoms with van der Waals surface area (Å²) in [6.07, 6.45) is 3.04. The summed E-state index contributed by atoms with van der Waals surface area (Å²) in [5.74, 6) is 6.77. The minimum atomic E-state index is 0.357. The van der Waals surface area contributed by atoms with Crippen molar-refractivity contribution in [2.45, 2.75) is 53.9 Å². The highest BCUT2D eigenvalue weighted by atomic mass is 16.5. The molecule has 0 bridgehead atoms. The Labute approximate surface area is 113 Å². The lowest BCUT2D eigenvalue weighted by atomic mass is 9.93. The van der Waals surface area contributed by atoms with Crippen LogP contribution in [-0.4, -0.2) is 26.4 Å². The molecule has 0 atom stereocenters. The van der Waals surface area contributed by atoms with E-state index >= 15 is 0 Å². The minimum Gasteiger partial charge on any atom is -0.379 e. The molecular weight excluding hydrogens is 224 g/mol. The molecule has 0 aromatic rings. The second-order valence-electron chi connectivity index (χ2n) is 6.11. The van der Waals surface area contributed by atoms with E-state index in [2.05, 4.69) is 46.5 Å². The zero-order valence-electron chi connectivity index (χ0n) is 12.8. The van der Waals surface area contributed by atoms with Crippen LogP contribution in [0.15, 0.2) is 0 Å². The average molecular weight is 254 g/mol. The van der Waals surface area contributed by atoms with Crippen molar-refractivity contribution < 1.29 is 9.47 Å². The molecule has 0 heterocycles. The molecular formula is C16H30O2. The third kappa shape index (κ3) is 15.5. The predicted molar refractivity (Wildman–Crippen MR) is 77.6 cm³/mol. The van der Waals surface area contributed by atoms with E-state index in [1.165, 1.54) is 0 Å². The van der Waals surface area contributed by atoms with Crippen LogP contribution in [0.1, 0.15) is 53.9 Å². The Bertz CT molecular complexity index is 240. The van der Waals surface area contributed by atoms with Crippen LogP contribution < -0.4 is 0 Å². The maximum atomic E-state index is 5.52. The van der Waals surface area contributed by atoms with E-state index in [0.717, 1.165) is 32.5 Å². The van der Waals surface area contributed by atoms with Gasteiger partial charge in [-0.15, -0.1) is 11.8 Å². The Morgan fingerprint density at radius 2 is 1.56 bits per heavy atom. The molecule has 0 saturated carbocycles. The van der Waals surface area contributed by atoms with E-state index in [-0.39, 0.29) is 0 Å². The summed E-state index contributed by atoms with van der Waals surface area (Å²) in [6.45, 7) is 13.9. The fourth-order valence-electron chi connectivity index (χ4n) is 1.24. The first-order valence-electron chi connectivity index (χ1n) is 7.06. The summed E-state index contributed by atoms with van der Waals surface area (Å²) in [5.41, 5.74) is 0.357. The van der Waals surface area contributed by atoms with Gasteiger partial charge < -0.3 is 9.47 Å². The Kier molecular flexibility index (Phi) is 10.1. The van der Waals surface area contributed by atoms with Crippen LogP contribution in [0.25, 0.3) is 0 Å².